The summed E-state index contributed by atoms with van der Waals surface area (Å²) >= 11 is 0. The summed E-state index contributed by atoms with van der Waals surface area (Å²) in [6.45, 7) is 5.62. The van der Waals surface area contributed by atoms with Gasteiger partial charge >= 0.3 is 0 Å². The van der Waals surface area contributed by atoms with E-state index in [0.29, 0.717) is 0 Å². The first kappa shape index (κ1) is 13.8. The number of hydrogen-bond donors (Lipinski definition) is 0. The monoisotopic (exact) mass is 265 g/mol. The standard InChI is InChI=1S/C13H19N3O3/c1-19-11-10-14-6-8-15(9-7-14)12-2-4-13(5-3-12)16(17)18/h2-5H,6-11H2,1H3. The van der Waals surface area contributed by atoms with Crippen LogP contribution in [-0.4, -0.2) is 56.3 Å². The Bertz CT molecular complexity index is 414. The van der Waals surface area contributed by atoms with E-state index in [1.165, 1.54) is 0 Å². The van der Waals surface area contributed by atoms with Gasteiger partial charge in [-0.15, -0.1) is 0 Å². The molecule has 1 heterocycles. The van der Waals surface area contributed by atoms with E-state index in [2.05, 4.69) is 9.80 Å². The number of hydrogen-bond acceptors (Lipinski definition) is 5. The predicted molar refractivity (Wildman–Crippen MR) is 73.6 cm³/mol. The van der Waals surface area contributed by atoms with Gasteiger partial charge in [-0.05, 0) is 12.1 Å². The summed E-state index contributed by atoms with van der Waals surface area (Å²) in [4.78, 5) is 14.9. The fourth-order valence-corrected chi connectivity index (χ4v) is 2.24. The molecule has 19 heavy (non-hydrogen) atoms. The van der Waals surface area contributed by atoms with E-state index in [1.807, 2.05) is 12.1 Å². The van der Waals surface area contributed by atoms with Gasteiger partial charge in [0.05, 0.1) is 11.5 Å². The first-order valence-electron chi connectivity index (χ1n) is 6.41. The Balaban J connectivity index is 1.88. The molecule has 0 aromatic heterocycles. The maximum atomic E-state index is 10.6. The number of rotatable bonds is 5. The Labute approximate surface area is 112 Å². The normalized spacial score (nSPS) is 16.6. The third-order valence-corrected chi connectivity index (χ3v) is 3.41. The molecular weight excluding hydrogens is 246 g/mol. The highest BCUT2D eigenvalue weighted by molar-refractivity contribution is 5.51. The Kier molecular flexibility index (Phi) is 4.70. The summed E-state index contributed by atoms with van der Waals surface area (Å²) in [5.41, 5.74) is 1.19. The lowest BCUT2D eigenvalue weighted by molar-refractivity contribution is -0.384. The molecule has 0 spiro atoms. The highest BCUT2D eigenvalue weighted by atomic mass is 16.6. The molecule has 6 heteroatoms. The molecule has 6 nitrogen and oxygen atoms in total. The molecule has 1 aromatic carbocycles. The fourth-order valence-electron chi connectivity index (χ4n) is 2.24. The van der Waals surface area contributed by atoms with Crippen molar-refractivity contribution in [3.8, 4) is 0 Å². The van der Waals surface area contributed by atoms with Gasteiger partial charge in [-0.2, -0.15) is 0 Å². The summed E-state index contributed by atoms with van der Waals surface area (Å²) in [6, 6.07) is 6.77. The summed E-state index contributed by atoms with van der Waals surface area (Å²) in [6.07, 6.45) is 0. The molecule has 1 saturated heterocycles. The van der Waals surface area contributed by atoms with Crippen molar-refractivity contribution in [1.82, 2.24) is 4.90 Å². The predicted octanol–water partition coefficient (Wildman–Crippen LogP) is 1.36. The highest BCUT2D eigenvalue weighted by Gasteiger charge is 2.17. The summed E-state index contributed by atoms with van der Waals surface area (Å²) in [5.74, 6) is 0. The van der Waals surface area contributed by atoms with E-state index in [0.717, 1.165) is 45.0 Å². The van der Waals surface area contributed by atoms with Crippen LogP contribution in [0.2, 0.25) is 0 Å². The van der Waals surface area contributed by atoms with Crippen LogP contribution < -0.4 is 4.90 Å². The molecule has 0 atom stereocenters. The molecule has 0 saturated carbocycles. The van der Waals surface area contributed by atoms with Gasteiger partial charge in [0.2, 0.25) is 0 Å². The quantitative estimate of drug-likeness (QED) is 0.594. The summed E-state index contributed by atoms with van der Waals surface area (Å²) in [7, 11) is 1.72. The van der Waals surface area contributed by atoms with Crippen molar-refractivity contribution >= 4 is 11.4 Å². The summed E-state index contributed by atoms with van der Waals surface area (Å²) in [5, 5.41) is 10.6. The Hall–Kier alpha value is -1.66. The van der Waals surface area contributed by atoms with Gasteiger partial charge in [0, 0.05) is 57.7 Å². The van der Waals surface area contributed by atoms with Gasteiger partial charge in [-0.1, -0.05) is 0 Å². The van der Waals surface area contributed by atoms with Gasteiger partial charge in [0.25, 0.3) is 5.69 Å². The molecule has 104 valence electrons. The SMILES string of the molecule is COCCN1CCN(c2ccc([N+](=O)[O-])cc2)CC1. The number of benzene rings is 1. The number of nitro benzene ring substituents is 1. The van der Waals surface area contributed by atoms with E-state index < -0.39 is 0 Å². The number of ether oxygens (including phenoxy) is 1. The van der Waals surface area contributed by atoms with Crippen LogP contribution in [0, 0.1) is 10.1 Å². The van der Waals surface area contributed by atoms with E-state index in [1.54, 1.807) is 19.2 Å². The second-order valence-electron chi connectivity index (χ2n) is 4.59. The molecule has 0 unspecified atom stereocenters. The molecule has 1 fully saturated rings. The van der Waals surface area contributed by atoms with Crippen LogP contribution in [0.3, 0.4) is 0 Å². The molecule has 1 aliphatic rings. The van der Waals surface area contributed by atoms with Crippen molar-refractivity contribution < 1.29 is 9.66 Å². The molecule has 0 aliphatic carbocycles. The third-order valence-electron chi connectivity index (χ3n) is 3.41. The fraction of sp³-hybridized carbons (Fsp3) is 0.538. The lowest BCUT2D eigenvalue weighted by Crippen LogP contribution is -2.47. The van der Waals surface area contributed by atoms with Crippen LogP contribution in [-0.2, 0) is 4.74 Å². The number of anilines is 1. The Morgan fingerprint density at radius 3 is 2.37 bits per heavy atom. The molecule has 0 bridgehead atoms. The number of nitro groups is 1. The minimum absolute atomic E-state index is 0.141. The molecule has 1 aliphatic heterocycles. The summed E-state index contributed by atoms with van der Waals surface area (Å²) < 4.78 is 5.07. The van der Waals surface area contributed by atoms with Crippen molar-refractivity contribution in [2.45, 2.75) is 0 Å². The molecule has 0 N–H and O–H groups in total. The first-order chi connectivity index (χ1) is 9.20. The Morgan fingerprint density at radius 2 is 1.84 bits per heavy atom. The van der Waals surface area contributed by atoms with Crippen LogP contribution in [0.1, 0.15) is 0 Å². The molecule has 0 amide bonds. The topological polar surface area (TPSA) is 58.8 Å². The minimum atomic E-state index is -0.369. The smallest absolute Gasteiger partial charge is 0.269 e. The maximum absolute atomic E-state index is 10.6. The van der Waals surface area contributed by atoms with Gasteiger partial charge in [-0.25, -0.2) is 0 Å². The number of non-ortho nitro benzene ring substituents is 1. The van der Waals surface area contributed by atoms with Crippen molar-refractivity contribution in [1.29, 1.82) is 0 Å². The van der Waals surface area contributed by atoms with E-state index in [4.69, 9.17) is 4.74 Å². The molecular formula is C13H19N3O3. The molecule has 1 aromatic rings. The van der Waals surface area contributed by atoms with Crippen molar-refractivity contribution in [2.24, 2.45) is 0 Å². The second-order valence-corrected chi connectivity index (χ2v) is 4.59. The average molecular weight is 265 g/mol. The first-order valence-corrected chi connectivity index (χ1v) is 6.41. The molecule has 2 rings (SSSR count). The van der Waals surface area contributed by atoms with Crippen LogP contribution >= 0.6 is 0 Å². The zero-order valence-electron chi connectivity index (χ0n) is 11.1. The molecule has 0 radical (unpaired) electrons. The largest absolute Gasteiger partial charge is 0.383 e. The third kappa shape index (κ3) is 3.65. The highest BCUT2D eigenvalue weighted by Crippen LogP contribution is 2.20. The van der Waals surface area contributed by atoms with Crippen molar-refractivity contribution in [3.63, 3.8) is 0 Å². The van der Waals surface area contributed by atoms with Crippen LogP contribution in [0.15, 0.2) is 24.3 Å². The van der Waals surface area contributed by atoms with Crippen LogP contribution in [0.5, 0.6) is 0 Å². The van der Waals surface area contributed by atoms with Crippen LogP contribution in [0.25, 0.3) is 0 Å². The van der Waals surface area contributed by atoms with E-state index >= 15 is 0 Å². The number of nitrogens with zero attached hydrogens (tertiary/aromatic N) is 3. The van der Waals surface area contributed by atoms with Gasteiger partial charge in [-0.3, -0.25) is 15.0 Å². The van der Waals surface area contributed by atoms with Crippen LogP contribution in [0.4, 0.5) is 11.4 Å². The zero-order valence-corrected chi connectivity index (χ0v) is 11.1. The zero-order chi connectivity index (χ0) is 13.7. The number of piperazine rings is 1. The lowest BCUT2D eigenvalue weighted by Gasteiger charge is -2.35. The lowest BCUT2D eigenvalue weighted by atomic mass is 10.2. The maximum Gasteiger partial charge on any atom is 0.269 e. The second kappa shape index (κ2) is 6.49. The number of methoxy groups -OCH3 is 1. The average Bonchev–Trinajstić information content (AvgIpc) is 2.46. The van der Waals surface area contributed by atoms with Gasteiger partial charge in [0.1, 0.15) is 0 Å². The minimum Gasteiger partial charge on any atom is -0.383 e. The van der Waals surface area contributed by atoms with Gasteiger partial charge in [0.15, 0.2) is 0 Å². The van der Waals surface area contributed by atoms with E-state index in [9.17, 15) is 10.1 Å². The van der Waals surface area contributed by atoms with Gasteiger partial charge < -0.3 is 9.64 Å². The Morgan fingerprint density at radius 1 is 1.21 bits per heavy atom. The van der Waals surface area contributed by atoms with E-state index in [-0.39, 0.29) is 10.6 Å². The van der Waals surface area contributed by atoms with Crippen molar-refractivity contribution in [3.05, 3.63) is 34.4 Å². The van der Waals surface area contributed by atoms with Crippen molar-refractivity contribution in [2.75, 3.05) is 51.3 Å².